The smallest absolute Gasteiger partial charge is 0.319 e. The molecule has 1 heterocycles. The molecule has 132 valence electrons. The topological polar surface area (TPSA) is 44.4 Å². The molecule has 0 radical (unpaired) electrons. The van der Waals surface area contributed by atoms with Gasteiger partial charge in [-0.2, -0.15) is 0 Å². The van der Waals surface area contributed by atoms with Crippen molar-refractivity contribution in [1.82, 2.24) is 5.32 Å². The Morgan fingerprint density at radius 3 is 2.48 bits per heavy atom. The Balaban J connectivity index is 1.51. The molecule has 2 amide bonds. The van der Waals surface area contributed by atoms with Gasteiger partial charge in [-0.3, -0.25) is 0 Å². The molecule has 5 heteroatoms. The Kier molecular flexibility index (Phi) is 5.53. The number of hydrogen-bond donors (Lipinski definition) is 2. The number of carbonyl (C=O) groups is 1. The number of carbonyl (C=O) groups excluding carboxylic acids is 1. The molecule has 1 saturated heterocycles. The summed E-state index contributed by atoms with van der Waals surface area (Å²) in [5, 5.41) is 5.45. The van der Waals surface area contributed by atoms with E-state index in [9.17, 15) is 9.18 Å². The van der Waals surface area contributed by atoms with Crippen LogP contribution in [0.1, 0.15) is 25.3 Å². The second-order valence-electron chi connectivity index (χ2n) is 6.62. The summed E-state index contributed by atoms with van der Waals surface area (Å²) in [6.45, 7) is 4.61. The van der Waals surface area contributed by atoms with Gasteiger partial charge >= 0.3 is 6.03 Å². The fourth-order valence-corrected chi connectivity index (χ4v) is 3.01. The quantitative estimate of drug-likeness (QED) is 0.866. The number of halogens is 1. The summed E-state index contributed by atoms with van der Waals surface area (Å²) in [5.74, 6) is 0.485. The van der Waals surface area contributed by atoms with Crippen LogP contribution in [-0.2, 0) is 6.54 Å². The van der Waals surface area contributed by atoms with Crippen LogP contribution >= 0.6 is 0 Å². The molecule has 1 fully saturated rings. The molecule has 25 heavy (non-hydrogen) atoms. The lowest BCUT2D eigenvalue weighted by molar-refractivity contribution is 0.251. The molecular formula is C20H24FN3O. The van der Waals surface area contributed by atoms with Crippen molar-refractivity contribution in [2.75, 3.05) is 23.3 Å². The molecule has 4 nitrogen and oxygen atoms in total. The molecule has 2 aromatic carbocycles. The van der Waals surface area contributed by atoms with Gasteiger partial charge in [-0.1, -0.05) is 25.1 Å². The van der Waals surface area contributed by atoms with E-state index in [2.05, 4.69) is 22.5 Å². The molecule has 0 bridgehead atoms. The molecule has 2 N–H and O–H groups in total. The van der Waals surface area contributed by atoms with Gasteiger partial charge in [0, 0.05) is 36.6 Å². The summed E-state index contributed by atoms with van der Waals surface area (Å²) in [5.41, 5.74) is 2.37. The summed E-state index contributed by atoms with van der Waals surface area (Å²) in [4.78, 5) is 14.3. The van der Waals surface area contributed by atoms with E-state index >= 15 is 0 Å². The highest BCUT2D eigenvalue weighted by atomic mass is 19.1. The van der Waals surface area contributed by atoms with E-state index in [4.69, 9.17) is 0 Å². The molecule has 1 aliphatic rings. The van der Waals surface area contributed by atoms with Crippen LogP contribution in [0.15, 0.2) is 48.5 Å². The van der Waals surface area contributed by atoms with Crippen molar-refractivity contribution in [3.8, 4) is 0 Å². The molecule has 0 atom stereocenters. The Morgan fingerprint density at radius 1 is 1.12 bits per heavy atom. The van der Waals surface area contributed by atoms with Crippen LogP contribution in [-0.4, -0.2) is 19.1 Å². The molecule has 0 unspecified atom stereocenters. The van der Waals surface area contributed by atoms with Crippen LogP contribution in [0.4, 0.5) is 20.6 Å². The van der Waals surface area contributed by atoms with Gasteiger partial charge in [0.05, 0.1) is 0 Å². The number of benzene rings is 2. The Hall–Kier alpha value is -2.56. The van der Waals surface area contributed by atoms with Crippen LogP contribution < -0.4 is 15.5 Å². The lowest BCUT2D eigenvalue weighted by atomic mass is 9.99. The maximum Gasteiger partial charge on any atom is 0.319 e. The first-order valence-electron chi connectivity index (χ1n) is 8.75. The van der Waals surface area contributed by atoms with Crippen molar-refractivity contribution < 1.29 is 9.18 Å². The number of hydrogen-bond acceptors (Lipinski definition) is 2. The van der Waals surface area contributed by atoms with Crippen LogP contribution in [0.5, 0.6) is 0 Å². The molecule has 0 aromatic heterocycles. The van der Waals surface area contributed by atoms with E-state index in [1.54, 1.807) is 18.2 Å². The summed E-state index contributed by atoms with van der Waals surface area (Å²) >= 11 is 0. The summed E-state index contributed by atoms with van der Waals surface area (Å²) in [7, 11) is 0. The third-order valence-electron chi connectivity index (χ3n) is 4.67. The van der Waals surface area contributed by atoms with Gasteiger partial charge in [0.15, 0.2) is 0 Å². The predicted molar refractivity (Wildman–Crippen MR) is 99.3 cm³/mol. The summed E-state index contributed by atoms with van der Waals surface area (Å²) in [6, 6.07) is 13.9. The normalized spacial score (nSPS) is 15.0. The van der Waals surface area contributed by atoms with Gasteiger partial charge in [-0.05, 0) is 49.1 Å². The zero-order chi connectivity index (χ0) is 17.6. The maximum absolute atomic E-state index is 13.5. The molecule has 0 aliphatic carbocycles. The maximum atomic E-state index is 13.5. The predicted octanol–water partition coefficient (Wildman–Crippen LogP) is 4.38. The minimum absolute atomic E-state index is 0.155. The third-order valence-corrected chi connectivity index (χ3v) is 4.67. The van der Waals surface area contributed by atoms with Crippen molar-refractivity contribution in [2.45, 2.75) is 26.3 Å². The highest BCUT2D eigenvalue weighted by Crippen LogP contribution is 2.24. The highest BCUT2D eigenvalue weighted by molar-refractivity contribution is 5.89. The molecule has 0 saturated carbocycles. The van der Waals surface area contributed by atoms with Gasteiger partial charge in [0.1, 0.15) is 5.82 Å². The lowest BCUT2D eigenvalue weighted by Gasteiger charge is -2.32. The number of nitrogens with one attached hydrogen (secondary N) is 2. The average molecular weight is 341 g/mol. The monoisotopic (exact) mass is 341 g/mol. The molecular weight excluding hydrogens is 317 g/mol. The molecule has 2 aromatic rings. The van der Waals surface area contributed by atoms with E-state index in [1.807, 2.05) is 24.3 Å². The number of piperidine rings is 1. The second-order valence-corrected chi connectivity index (χ2v) is 6.62. The Morgan fingerprint density at radius 2 is 1.80 bits per heavy atom. The van der Waals surface area contributed by atoms with Crippen molar-refractivity contribution >= 4 is 17.4 Å². The molecule has 1 aliphatic heterocycles. The Bertz CT molecular complexity index is 709. The van der Waals surface area contributed by atoms with E-state index in [0.29, 0.717) is 5.56 Å². The summed E-state index contributed by atoms with van der Waals surface area (Å²) in [6.07, 6.45) is 2.44. The van der Waals surface area contributed by atoms with Crippen LogP contribution in [0, 0.1) is 11.7 Å². The van der Waals surface area contributed by atoms with Gasteiger partial charge in [0.25, 0.3) is 0 Å². The van der Waals surface area contributed by atoms with E-state index in [1.165, 1.54) is 24.6 Å². The number of urea groups is 1. The van der Waals surface area contributed by atoms with Gasteiger partial charge < -0.3 is 15.5 Å². The van der Waals surface area contributed by atoms with E-state index < -0.39 is 0 Å². The van der Waals surface area contributed by atoms with Gasteiger partial charge in [-0.15, -0.1) is 0 Å². The standard InChI is InChI=1S/C20H24FN3O/c1-15-10-12-24(13-11-15)18-8-6-17(7-9-18)23-20(25)22-14-16-4-2-3-5-19(16)21/h2-9,15H,10-14H2,1H3,(H2,22,23,25). The van der Waals surface area contributed by atoms with Crippen molar-refractivity contribution in [2.24, 2.45) is 5.92 Å². The number of nitrogens with zero attached hydrogens (tertiary/aromatic N) is 1. The van der Waals surface area contributed by atoms with Crippen molar-refractivity contribution in [1.29, 1.82) is 0 Å². The highest BCUT2D eigenvalue weighted by Gasteiger charge is 2.15. The zero-order valence-corrected chi connectivity index (χ0v) is 14.5. The zero-order valence-electron chi connectivity index (χ0n) is 14.5. The SMILES string of the molecule is CC1CCN(c2ccc(NC(=O)NCc3ccccc3F)cc2)CC1. The molecule has 3 rings (SSSR count). The average Bonchev–Trinajstić information content (AvgIpc) is 2.62. The lowest BCUT2D eigenvalue weighted by Crippen LogP contribution is -2.32. The van der Waals surface area contributed by atoms with E-state index in [-0.39, 0.29) is 18.4 Å². The first kappa shape index (κ1) is 17.3. The fraction of sp³-hybridized carbons (Fsp3) is 0.350. The fourth-order valence-electron chi connectivity index (χ4n) is 3.01. The first-order chi connectivity index (χ1) is 12.1. The first-order valence-corrected chi connectivity index (χ1v) is 8.75. The van der Waals surface area contributed by atoms with Gasteiger partial charge in [0.2, 0.25) is 0 Å². The van der Waals surface area contributed by atoms with E-state index in [0.717, 1.165) is 24.7 Å². The Labute approximate surface area is 148 Å². The minimum Gasteiger partial charge on any atom is -0.372 e. The second kappa shape index (κ2) is 8.01. The van der Waals surface area contributed by atoms with Crippen LogP contribution in [0.2, 0.25) is 0 Å². The minimum atomic E-state index is -0.345. The van der Waals surface area contributed by atoms with Crippen molar-refractivity contribution in [3.05, 3.63) is 59.9 Å². The number of rotatable bonds is 4. The van der Waals surface area contributed by atoms with Gasteiger partial charge in [-0.25, -0.2) is 9.18 Å². The molecule has 0 spiro atoms. The number of anilines is 2. The summed E-state index contributed by atoms with van der Waals surface area (Å²) < 4.78 is 13.5. The van der Waals surface area contributed by atoms with Crippen molar-refractivity contribution in [3.63, 3.8) is 0 Å². The largest absolute Gasteiger partial charge is 0.372 e. The van der Waals surface area contributed by atoms with Crippen LogP contribution in [0.3, 0.4) is 0 Å². The third kappa shape index (κ3) is 4.72. The number of amides is 2. The van der Waals surface area contributed by atoms with Crippen LogP contribution in [0.25, 0.3) is 0 Å².